The maximum atomic E-state index is 13.3. The molecule has 0 aliphatic heterocycles. The lowest BCUT2D eigenvalue weighted by atomic mass is 10.2. The highest BCUT2D eigenvalue weighted by atomic mass is 32.2. The van der Waals surface area contributed by atoms with Gasteiger partial charge in [-0.2, -0.15) is 0 Å². The first-order valence-corrected chi connectivity index (χ1v) is 7.80. The summed E-state index contributed by atoms with van der Waals surface area (Å²) in [5.74, 6) is -0.536. The lowest BCUT2D eigenvalue weighted by Gasteiger charge is -2.14. The van der Waals surface area contributed by atoms with Crippen LogP contribution in [0.2, 0.25) is 0 Å². The minimum Gasteiger partial charge on any atom is -0.384 e. The van der Waals surface area contributed by atoms with Crippen molar-refractivity contribution in [1.82, 2.24) is 10.0 Å². The van der Waals surface area contributed by atoms with Crippen molar-refractivity contribution in [3.63, 3.8) is 0 Å². The van der Waals surface area contributed by atoms with E-state index < -0.39 is 15.8 Å². The first kappa shape index (κ1) is 17.0. The van der Waals surface area contributed by atoms with E-state index in [0.29, 0.717) is 18.7 Å². The van der Waals surface area contributed by atoms with Gasteiger partial charge < -0.3 is 10.1 Å². The Hall–Kier alpha value is -1.02. The maximum Gasteiger partial charge on any atom is 0.241 e. The third-order valence-electron chi connectivity index (χ3n) is 2.76. The number of sulfonamides is 1. The molecule has 1 aromatic carbocycles. The summed E-state index contributed by atoms with van der Waals surface area (Å²) in [5, 5.41) is 2.87. The molecule has 0 aliphatic rings. The van der Waals surface area contributed by atoms with Gasteiger partial charge in [-0.15, -0.1) is 0 Å². The summed E-state index contributed by atoms with van der Waals surface area (Å²) in [6, 6.07) is 3.76. The van der Waals surface area contributed by atoms with Crippen molar-refractivity contribution in [2.24, 2.45) is 5.92 Å². The number of methoxy groups -OCH3 is 1. The SMILES string of the molecule is CNCc1ccc(F)cc1S(=O)(=O)NCC(C)COC. The van der Waals surface area contributed by atoms with Crippen molar-refractivity contribution in [2.45, 2.75) is 18.4 Å². The summed E-state index contributed by atoms with van der Waals surface area (Å²) < 4.78 is 45.2. The lowest BCUT2D eigenvalue weighted by molar-refractivity contribution is 0.161. The second kappa shape index (κ2) is 7.68. The summed E-state index contributed by atoms with van der Waals surface area (Å²) in [5.41, 5.74) is 0.529. The smallest absolute Gasteiger partial charge is 0.241 e. The second-order valence-corrected chi connectivity index (χ2v) is 6.43. The van der Waals surface area contributed by atoms with Crippen LogP contribution in [0.1, 0.15) is 12.5 Å². The highest BCUT2D eigenvalue weighted by molar-refractivity contribution is 7.89. The molecular formula is C13H21FN2O3S. The van der Waals surface area contributed by atoms with Crippen molar-refractivity contribution >= 4 is 10.0 Å². The molecule has 7 heteroatoms. The fourth-order valence-corrected chi connectivity index (χ4v) is 3.20. The molecular weight excluding hydrogens is 283 g/mol. The standard InChI is InChI=1S/C13H21FN2O3S/c1-10(9-19-3)7-16-20(17,18)13-6-12(14)5-4-11(13)8-15-2/h4-6,10,15-16H,7-9H2,1-3H3. The molecule has 20 heavy (non-hydrogen) atoms. The molecule has 0 spiro atoms. The molecule has 0 fully saturated rings. The van der Waals surface area contributed by atoms with Crippen LogP contribution in [0.3, 0.4) is 0 Å². The predicted octanol–water partition coefficient (Wildman–Crippen LogP) is 1.11. The van der Waals surface area contributed by atoms with Gasteiger partial charge in [0.25, 0.3) is 0 Å². The number of benzene rings is 1. The Labute approximate surface area is 119 Å². The topological polar surface area (TPSA) is 67.4 Å². The van der Waals surface area contributed by atoms with E-state index in [1.165, 1.54) is 12.1 Å². The van der Waals surface area contributed by atoms with Gasteiger partial charge in [0.2, 0.25) is 10.0 Å². The number of ether oxygens (including phenoxy) is 1. The van der Waals surface area contributed by atoms with Gasteiger partial charge in [0.15, 0.2) is 0 Å². The molecule has 0 radical (unpaired) electrons. The minimum absolute atomic E-state index is 0.0310. The molecule has 1 atom stereocenters. The van der Waals surface area contributed by atoms with E-state index in [-0.39, 0.29) is 17.4 Å². The van der Waals surface area contributed by atoms with Crippen LogP contribution in [0, 0.1) is 11.7 Å². The van der Waals surface area contributed by atoms with Gasteiger partial charge in [-0.05, 0) is 30.7 Å². The monoisotopic (exact) mass is 304 g/mol. The fourth-order valence-electron chi connectivity index (χ4n) is 1.79. The molecule has 1 unspecified atom stereocenters. The van der Waals surface area contributed by atoms with Crippen molar-refractivity contribution in [2.75, 3.05) is 27.3 Å². The van der Waals surface area contributed by atoms with E-state index in [2.05, 4.69) is 10.0 Å². The summed E-state index contributed by atoms with van der Waals surface area (Å²) in [6.45, 7) is 2.91. The highest BCUT2D eigenvalue weighted by Gasteiger charge is 2.19. The van der Waals surface area contributed by atoms with Gasteiger partial charge in [0.05, 0.1) is 4.90 Å². The third kappa shape index (κ3) is 4.82. The molecule has 0 amide bonds. The molecule has 0 aromatic heterocycles. The van der Waals surface area contributed by atoms with Crippen LogP contribution in [-0.4, -0.2) is 35.7 Å². The largest absolute Gasteiger partial charge is 0.384 e. The molecule has 0 saturated carbocycles. The Bertz CT molecular complexity index is 534. The van der Waals surface area contributed by atoms with Crippen LogP contribution in [-0.2, 0) is 21.3 Å². The number of hydrogen-bond donors (Lipinski definition) is 2. The van der Waals surface area contributed by atoms with E-state index in [1.54, 1.807) is 14.2 Å². The Morgan fingerprint density at radius 2 is 2.10 bits per heavy atom. The second-order valence-electron chi connectivity index (χ2n) is 4.69. The van der Waals surface area contributed by atoms with Crippen LogP contribution in [0.5, 0.6) is 0 Å². The molecule has 2 N–H and O–H groups in total. The summed E-state index contributed by atoms with van der Waals surface area (Å²) in [6.07, 6.45) is 0. The van der Waals surface area contributed by atoms with E-state index >= 15 is 0 Å². The number of hydrogen-bond acceptors (Lipinski definition) is 4. The Kier molecular flexibility index (Phi) is 6.54. The van der Waals surface area contributed by atoms with Gasteiger partial charge in [-0.25, -0.2) is 17.5 Å². The minimum atomic E-state index is -3.73. The van der Waals surface area contributed by atoms with E-state index in [4.69, 9.17) is 4.74 Å². The van der Waals surface area contributed by atoms with Crippen LogP contribution in [0.4, 0.5) is 4.39 Å². The first-order valence-electron chi connectivity index (χ1n) is 6.32. The van der Waals surface area contributed by atoms with Crippen molar-refractivity contribution in [1.29, 1.82) is 0 Å². The fraction of sp³-hybridized carbons (Fsp3) is 0.538. The van der Waals surface area contributed by atoms with E-state index in [0.717, 1.165) is 6.07 Å². The van der Waals surface area contributed by atoms with Crippen molar-refractivity contribution in [3.8, 4) is 0 Å². The van der Waals surface area contributed by atoms with E-state index in [1.807, 2.05) is 6.92 Å². The lowest BCUT2D eigenvalue weighted by Crippen LogP contribution is -2.31. The predicted molar refractivity (Wildman–Crippen MR) is 75.4 cm³/mol. The van der Waals surface area contributed by atoms with Crippen LogP contribution >= 0.6 is 0 Å². The molecule has 0 saturated heterocycles. The number of rotatable bonds is 8. The molecule has 5 nitrogen and oxygen atoms in total. The third-order valence-corrected chi connectivity index (χ3v) is 4.26. The molecule has 0 heterocycles. The molecule has 1 rings (SSSR count). The molecule has 0 bridgehead atoms. The summed E-state index contributed by atoms with van der Waals surface area (Å²) in [4.78, 5) is -0.0310. The van der Waals surface area contributed by atoms with Gasteiger partial charge >= 0.3 is 0 Å². The van der Waals surface area contributed by atoms with Gasteiger partial charge in [0, 0.05) is 26.8 Å². The zero-order valence-corrected chi connectivity index (χ0v) is 12.8. The zero-order chi connectivity index (χ0) is 15.2. The average Bonchev–Trinajstić information content (AvgIpc) is 2.39. The van der Waals surface area contributed by atoms with Crippen LogP contribution in [0.15, 0.2) is 23.1 Å². The Balaban J connectivity index is 2.93. The van der Waals surface area contributed by atoms with E-state index in [9.17, 15) is 12.8 Å². The highest BCUT2D eigenvalue weighted by Crippen LogP contribution is 2.17. The zero-order valence-electron chi connectivity index (χ0n) is 11.9. The molecule has 0 aliphatic carbocycles. The number of halogens is 1. The van der Waals surface area contributed by atoms with Crippen LogP contribution < -0.4 is 10.0 Å². The molecule has 1 aromatic rings. The Morgan fingerprint density at radius 1 is 1.40 bits per heavy atom. The summed E-state index contributed by atoms with van der Waals surface area (Å²) >= 11 is 0. The normalized spacial score (nSPS) is 13.4. The van der Waals surface area contributed by atoms with Crippen LogP contribution in [0.25, 0.3) is 0 Å². The quantitative estimate of drug-likeness (QED) is 0.755. The first-order chi connectivity index (χ1) is 9.40. The maximum absolute atomic E-state index is 13.3. The van der Waals surface area contributed by atoms with Gasteiger partial charge in [-0.1, -0.05) is 13.0 Å². The van der Waals surface area contributed by atoms with Gasteiger partial charge in [-0.3, -0.25) is 0 Å². The van der Waals surface area contributed by atoms with Crippen molar-refractivity contribution < 1.29 is 17.5 Å². The van der Waals surface area contributed by atoms with Gasteiger partial charge in [0.1, 0.15) is 5.82 Å². The van der Waals surface area contributed by atoms with Crippen molar-refractivity contribution in [3.05, 3.63) is 29.6 Å². The average molecular weight is 304 g/mol. The Morgan fingerprint density at radius 3 is 2.70 bits per heavy atom. The summed E-state index contributed by atoms with van der Waals surface area (Å²) in [7, 11) is -0.474. The molecule has 114 valence electrons. The number of nitrogens with one attached hydrogen (secondary N) is 2.